The number of aryl methyl sites for hydroxylation is 1. The van der Waals surface area contributed by atoms with Gasteiger partial charge in [0.15, 0.2) is 0 Å². The monoisotopic (exact) mass is 285 g/mol. The highest BCUT2D eigenvalue weighted by molar-refractivity contribution is 8.00. The molecule has 2 aromatic rings. The topological polar surface area (TPSA) is 29.1 Å². The summed E-state index contributed by atoms with van der Waals surface area (Å²) in [5.41, 5.74) is 2.37. The molecule has 2 nitrogen and oxygen atoms in total. The first kappa shape index (κ1) is 14.7. The summed E-state index contributed by atoms with van der Waals surface area (Å²) in [5, 5.41) is 2.90. The summed E-state index contributed by atoms with van der Waals surface area (Å²) in [6, 6.07) is 18.1. The predicted molar refractivity (Wildman–Crippen MR) is 84.8 cm³/mol. The highest BCUT2D eigenvalue weighted by atomic mass is 32.2. The van der Waals surface area contributed by atoms with Crippen LogP contribution in [0.15, 0.2) is 59.5 Å². The lowest BCUT2D eigenvalue weighted by Gasteiger charge is -2.13. The third kappa shape index (κ3) is 4.14. The molecule has 1 amide bonds. The van der Waals surface area contributed by atoms with Crippen LogP contribution in [-0.4, -0.2) is 11.2 Å². The van der Waals surface area contributed by atoms with Crippen LogP contribution in [-0.2, 0) is 11.3 Å². The van der Waals surface area contributed by atoms with E-state index in [-0.39, 0.29) is 11.2 Å². The Morgan fingerprint density at radius 2 is 1.75 bits per heavy atom. The van der Waals surface area contributed by atoms with Crippen molar-refractivity contribution >= 4 is 17.7 Å². The molecule has 1 N–H and O–H groups in total. The fourth-order valence-corrected chi connectivity index (χ4v) is 2.80. The second-order valence-corrected chi connectivity index (χ2v) is 6.13. The van der Waals surface area contributed by atoms with Crippen molar-refractivity contribution in [3.63, 3.8) is 0 Å². The molecule has 0 saturated carbocycles. The summed E-state index contributed by atoms with van der Waals surface area (Å²) in [6.45, 7) is 4.58. The minimum absolute atomic E-state index is 0.0714. The summed E-state index contributed by atoms with van der Waals surface area (Å²) >= 11 is 1.58. The SMILES string of the molecule is Cc1ccccc1CNC(=O)[C@@H](C)Sc1ccccc1. The van der Waals surface area contributed by atoms with Crippen molar-refractivity contribution in [1.82, 2.24) is 5.32 Å². The van der Waals surface area contributed by atoms with Crippen molar-refractivity contribution in [3.8, 4) is 0 Å². The fourth-order valence-electron chi connectivity index (χ4n) is 1.89. The molecule has 0 bridgehead atoms. The summed E-state index contributed by atoms with van der Waals surface area (Å²) in [5.74, 6) is 0.0714. The van der Waals surface area contributed by atoms with E-state index in [0.29, 0.717) is 6.54 Å². The Morgan fingerprint density at radius 3 is 2.45 bits per heavy atom. The van der Waals surface area contributed by atoms with Gasteiger partial charge in [-0.2, -0.15) is 0 Å². The standard InChI is InChI=1S/C17H19NOS/c1-13-8-6-7-9-15(13)12-18-17(19)14(2)20-16-10-4-3-5-11-16/h3-11,14H,12H2,1-2H3,(H,18,19)/t14-/m1/s1. The predicted octanol–water partition coefficient (Wildman–Crippen LogP) is 3.79. The maximum absolute atomic E-state index is 12.1. The maximum Gasteiger partial charge on any atom is 0.233 e. The summed E-state index contributed by atoms with van der Waals surface area (Å²) in [4.78, 5) is 13.2. The third-order valence-corrected chi connectivity index (χ3v) is 4.25. The zero-order valence-corrected chi connectivity index (χ0v) is 12.6. The molecule has 0 saturated heterocycles. The van der Waals surface area contributed by atoms with Gasteiger partial charge in [0.2, 0.25) is 5.91 Å². The van der Waals surface area contributed by atoms with Gasteiger partial charge < -0.3 is 5.32 Å². The van der Waals surface area contributed by atoms with Gasteiger partial charge in [-0.1, -0.05) is 42.5 Å². The van der Waals surface area contributed by atoms with Crippen molar-refractivity contribution < 1.29 is 4.79 Å². The zero-order chi connectivity index (χ0) is 14.4. The molecule has 0 spiro atoms. The summed E-state index contributed by atoms with van der Waals surface area (Å²) < 4.78 is 0. The van der Waals surface area contributed by atoms with E-state index >= 15 is 0 Å². The van der Waals surface area contributed by atoms with E-state index < -0.39 is 0 Å². The van der Waals surface area contributed by atoms with Crippen LogP contribution >= 0.6 is 11.8 Å². The van der Waals surface area contributed by atoms with E-state index in [1.165, 1.54) is 5.56 Å². The quantitative estimate of drug-likeness (QED) is 0.847. The van der Waals surface area contributed by atoms with Crippen LogP contribution in [0.5, 0.6) is 0 Å². The summed E-state index contributed by atoms with van der Waals surface area (Å²) in [6.07, 6.45) is 0. The molecule has 0 aromatic heterocycles. The Bertz CT molecular complexity index is 568. The lowest BCUT2D eigenvalue weighted by Crippen LogP contribution is -2.30. The van der Waals surface area contributed by atoms with E-state index in [4.69, 9.17) is 0 Å². The molecule has 2 rings (SSSR count). The van der Waals surface area contributed by atoms with Crippen LogP contribution in [0.25, 0.3) is 0 Å². The van der Waals surface area contributed by atoms with Crippen LogP contribution in [0.2, 0.25) is 0 Å². The molecular weight excluding hydrogens is 266 g/mol. The van der Waals surface area contributed by atoms with Gasteiger partial charge in [-0.3, -0.25) is 4.79 Å². The van der Waals surface area contributed by atoms with Crippen LogP contribution in [0, 0.1) is 6.92 Å². The third-order valence-electron chi connectivity index (χ3n) is 3.14. The minimum Gasteiger partial charge on any atom is -0.351 e. The second kappa shape index (κ2) is 7.15. The first-order valence-corrected chi connectivity index (χ1v) is 7.58. The number of carbonyl (C=O) groups is 1. The number of benzene rings is 2. The fraction of sp³-hybridized carbons (Fsp3) is 0.235. The van der Waals surface area contributed by atoms with Gasteiger partial charge in [0.1, 0.15) is 0 Å². The molecule has 0 aliphatic carbocycles. The average Bonchev–Trinajstić information content (AvgIpc) is 2.47. The molecule has 3 heteroatoms. The van der Waals surface area contributed by atoms with Gasteiger partial charge in [0.25, 0.3) is 0 Å². The second-order valence-electron chi connectivity index (χ2n) is 4.72. The first-order chi connectivity index (χ1) is 9.66. The van der Waals surface area contributed by atoms with Gasteiger partial charge in [0, 0.05) is 11.4 Å². The largest absolute Gasteiger partial charge is 0.351 e. The molecule has 0 aliphatic rings. The van der Waals surface area contributed by atoms with Gasteiger partial charge in [0.05, 0.1) is 5.25 Å². The molecule has 0 aliphatic heterocycles. The van der Waals surface area contributed by atoms with Crippen molar-refractivity contribution in [1.29, 1.82) is 0 Å². The Labute approximate surface area is 124 Å². The number of hydrogen-bond donors (Lipinski definition) is 1. The number of thioether (sulfide) groups is 1. The molecule has 2 aromatic carbocycles. The van der Waals surface area contributed by atoms with Crippen molar-refractivity contribution in [2.45, 2.75) is 30.5 Å². The molecule has 0 unspecified atom stereocenters. The van der Waals surface area contributed by atoms with E-state index in [1.54, 1.807) is 11.8 Å². The molecule has 0 radical (unpaired) electrons. The number of carbonyl (C=O) groups excluding carboxylic acids is 1. The van der Waals surface area contributed by atoms with E-state index in [9.17, 15) is 4.79 Å². The van der Waals surface area contributed by atoms with Gasteiger partial charge in [-0.05, 0) is 37.1 Å². The van der Waals surface area contributed by atoms with Crippen LogP contribution < -0.4 is 5.32 Å². The first-order valence-electron chi connectivity index (χ1n) is 6.71. The number of rotatable bonds is 5. The maximum atomic E-state index is 12.1. The number of nitrogens with one attached hydrogen (secondary N) is 1. The van der Waals surface area contributed by atoms with Crippen molar-refractivity contribution in [3.05, 3.63) is 65.7 Å². The van der Waals surface area contributed by atoms with Crippen molar-refractivity contribution in [2.75, 3.05) is 0 Å². The van der Waals surface area contributed by atoms with Gasteiger partial charge in [-0.25, -0.2) is 0 Å². The van der Waals surface area contributed by atoms with Crippen LogP contribution in [0.1, 0.15) is 18.1 Å². The smallest absolute Gasteiger partial charge is 0.233 e. The Kier molecular flexibility index (Phi) is 5.24. The molecule has 104 valence electrons. The minimum atomic E-state index is -0.0959. The molecule has 0 heterocycles. The van der Waals surface area contributed by atoms with E-state index in [2.05, 4.69) is 18.3 Å². The zero-order valence-electron chi connectivity index (χ0n) is 11.8. The highest BCUT2D eigenvalue weighted by Gasteiger charge is 2.13. The van der Waals surface area contributed by atoms with Crippen LogP contribution in [0.3, 0.4) is 0 Å². The van der Waals surface area contributed by atoms with Crippen LogP contribution in [0.4, 0.5) is 0 Å². The number of hydrogen-bond acceptors (Lipinski definition) is 2. The van der Waals surface area contributed by atoms with Gasteiger partial charge >= 0.3 is 0 Å². The molecule has 0 fully saturated rings. The highest BCUT2D eigenvalue weighted by Crippen LogP contribution is 2.22. The molecule has 20 heavy (non-hydrogen) atoms. The Morgan fingerprint density at radius 1 is 1.10 bits per heavy atom. The normalized spacial score (nSPS) is 11.9. The summed E-state index contributed by atoms with van der Waals surface area (Å²) in [7, 11) is 0. The average molecular weight is 285 g/mol. The lowest BCUT2D eigenvalue weighted by atomic mass is 10.1. The van der Waals surface area contributed by atoms with E-state index in [0.717, 1.165) is 10.5 Å². The Hall–Kier alpha value is -1.74. The number of amides is 1. The van der Waals surface area contributed by atoms with E-state index in [1.807, 2.05) is 55.5 Å². The Balaban J connectivity index is 1.87. The lowest BCUT2D eigenvalue weighted by molar-refractivity contribution is -0.120. The molecule has 1 atom stereocenters. The van der Waals surface area contributed by atoms with Crippen molar-refractivity contribution in [2.24, 2.45) is 0 Å². The van der Waals surface area contributed by atoms with Gasteiger partial charge in [-0.15, -0.1) is 11.8 Å². The molecular formula is C17H19NOS.